The molecule has 2 aromatic carbocycles. The van der Waals surface area contributed by atoms with Gasteiger partial charge in [-0.2, -0.15) is 0 Å². The highest BCUT2D eigenvalue weighted by Gasteiger charge is 2.29. The molecule has 0 spiro atoms. The number of likely N-dealkylation sites (tertiary alicyclic amines) is 1. The maximum absolute atomic E-state index is 13.1. The number of hydrogen-bond donors (Lipinski definition) is 0. The lowest BCUT2D eigenvalue weighted by molar-refractivity contribution is 0.0697. The largest absolute Gasteiger partial charge is 0.339 e. The Kier molecular flexibility index (Phi) is 4.34. The number of carbonyl (C=O) groups is 2. The molecule has 5 rings (SSSR count). The van der Waals surface area contributed by atoms with E-state index in [0.29, 0.717) is 35.9 Å². The number of nitrogens with zero attached hydrogens (tertiary/aromatic N) is 4. The third-order valence-corrected chi connectivity index (χ3v) is 6.12. The average molecular weight is 388 g/mol. The van der Waals surface area contributed by atoms with Gasteiger partial charge in [-0.3, -0.25) is 9.59 Å². The highest BCUT2D eigenvalue weighted by molar-refractivity contribution is 6.07. The molecule has 148 valence electrons. The third-order valence-electron chi connectivity index (χ3n) is 6.12. The van der Waals surface area contributed by atoms with Crippen LogP contribution in [0.5, 0.6) is 0 Å². The van der Waals surface area contributed by atoms with Crippen molar-refractivity contribution < 1.29 is 9.59 Å². The van der Waals surface area contributed by atoms with Crippen LogP contribution >= 0.6 is 0 Å². The summed E-state index contributed by atoms with van der Waals surface area (Å²) in [6, 6.07) is 15.3. The molecule has 0 N–H and O–H groups in total. The molecule has 2 amide bonds. The van der Waals surface area contributed by atoms with Crippen LogP contribution in [0.4, 0.5) is 5.69 Å². The fourth-order valence-corrected chi connectivity index (χ4v) is 4.32. The Labute approximate surface area is 169 Å². The highest BCUT2D eigenvalue weighted by atomic mass is 16.2. The quantitative estimate of drug-likeness (QED) is 0.674. The number of imidazole rings is 1. The van der Waals surface area contributed by atoms with E-state index in [2.05, 4.69) is 11.9 Å². The molecule has 0 bridgehead atoms. The Morgan fingerprint density at radius 2 is 1.76 bits per heavy atom. The summed E-state index contributed by atoms with van der Waals surface area (Å²) < 4.78 is 1.97. The van der Waals surface area contributed by atoms with E-state index in [1.165, 1.54) is 0 Å². The van der Waals surface area contributed by atoms with E-state index in [-0.39, 0.29) is 11.8 Å². The number of amides is 2. The molecule has 2 aliphatic heterocycles. The van der Waals surface area contributed by atoms with Gasteiger partial charge in [0.2, 0.25) is 5.82 Å². The van der Waals surface area contributed by atoms with Crippen molar-refractivity contribution in [1.29, 1.82) is 0 Å². The second kappa shape index (κ2) is 7.03. The molecule has 6 heteroatoms. The number of piperidine rings is 1. The van der Waals surface area contributed by atoms with Crippen molar-refractivity contribution in [3.63, 3.8) is 0 Å². The predicted molar refractivity (Wildman–Crippen MR) is 112 cm³/mol. The zero-order chi connectivity index (χ0) is 20.0. The summed E-state index contributed by atoms with van der Waals surface area (Å²) in [5.41, 5.74) is 3.14. The van der Waals surface area contributed by atoms with E-state index in [1.54, 1.807) is 4.90 Å². The van der Waals surface area contributed by atoms with Crippen molar-refractivity contribution in [2.24, 2.45) is 5.92 Å². The normalized spacial score (nSPS) is 17.6. The summed E-state index contributed by atoms with van der Waals surface area (Å²) in [7, 11) is 0. The molecule has 6 nitrogen and oxygen atoms in total. The number of aromatic nitrogens is 2. The Morgan fingerprint density at radius 1 is 1.00 bits per heavy atom. The van der Waals surface area contributed by atoms with Crippen molar-refractivity contribution in [3.8, 4) is 0 Å². The fraction of sp³-hybridized carbons (Fsp3) is 0.348. The van der Waals surface area contributed by atoms with Gasteiger partial charge in [-0.05, 0) is 49.1 Å². The van der Waals surface area contributed by atoms with Crippen molar-refractivity contribution in [1.82, 2.24) is 14.5 Å². The lowest BCUT2D eigenvalue weighted by atomic mass is 9.98. The van der Waals surface area contributed by atoms with Crippen LogP contribution in [0.3, 0.4) is 0 Å². The standard InChI is InChI=1S/C23H24N4O2/c1-16-9-11-25(12-10-16)22(28)17-7-8-20-19(15-17)24-21-23(29)26(13-14-27(20)21)18-5-3-2-4-6-18/h2-8,15-16H,9-14H2,1H3. The Hall–Kier alpha value is -3.15. The minimum absolute atomic E-state index is 0.0574. The van der Waals surface area contributed by atoms with Crippen LogP contribution in [0.25, 0.3) is 11.0 Å². The van der Waals surface area contributed by atoms with E-state index in [4.69, 9.17) is 0 Å². The molecule has 1 saturated heterocycles. The molecule has 0 aliphatic carbocycles. The SMILES string of the molecule is CC1CCN(C(=O)c2ccc3c(c2)nc2n3CCN(c3ccccc3)C2=O)CC1. The highest BCUT2D eigenvalue weighted by Crippen LogP contribution is 2.26. The monoisotopic (exact) mass is 388 g/mol. The number of benzene rings is 2. The first-order valence-corrected chi connectivity index (χ1v) is 10.3. The van der Waals surface area contributed by atoms with E-state index in [1.807, 2.05) is 58.0 Å². The summed E-state index contributed by atoms with van der Waals surface area (Å²) in [6.07, 6.45) is 2.10. The lowest BCUT2D eigenvalue weighted by Gasteiger charge is -2.30. The second-order valence-corrected chi connectivity index (χ2v) is 8.06. The van der Waals surface area contributed by atoms with Crippen LogP contribution in [0.1, 0.15) is 40.7 Å². The summed E-state index contributed by atoms with van der Waals surface area (Å²) in [5.74, 6) is 1.07. The Bertz CT molecular complexity index is 1080. The van der Waals surface area contributed by atoms with Crippen molar-refractivity contribution in [2.45, 2.75) is 26.3 Å². The Balaban J connectivity index is 1.45. The predicted octanol–water partition coefficient (Wildman–Crippen LogP) is 3.57. The fourth-order valence-electron chi connectivity index (χ4n) is 4.32. The molecule has 29 heavy (non-hydrogen) atoms. The number of fused-ring (bicyclic) bond motifs is 3. The van der Waals surface area contributed by atoms with Gasteiger partial charge in [-0.25, -0.2) is 4.98 Å². The summed E-state index contributed by atoms with van der Waals surface area (Å²) in [5, 5.41) is 0. The van der Waals surface area contributed by atoms with Gasteiger partial charge in [0.25, 0.3) is 11.8 Å². The van der Waals surface area contributed by atoms with Crippen molar-refractivity contribution in [2.75, 3.05) is 24.5 Å². The average Bonchev–Trinajstić information content (AvgIpc) is 3.13. The molecule has 3 aromatic rings. The number of para-hydroxylation sites is 1. The first-order chi connectivity index (χ1) is 14.1. The molecular formula is C23H24N4O2. The zero-order valence-corrected chi connectivity index (χ0v) is 16.5. The molecule has 1 aromatic heterocycles. The summed E-state index contributed by atoms with van der Waals surface area (Å²) in [4.78, 5) is 34.3. The maximum Gasteiger partial charge on any atom is 0.294 e. The van der Waals surface area contributed by atoms with E-state index < -0.39 is 0 Å². The van der Waals surface area contributed by atoms with Gasteiger partial charge in [0.15, 0.2) is 0 Å². The molecule has 3 heterocycles. The molecule has 0 saturated carbocycles. The smallest absolute Gasteiger partial charge is 0.294 e. The number of anilines is 1. The number of carbonyl (C=O) groups excluding carboxylic acids is 2. The van der Waals surface area contributed by atoms with Crippen LogP contribution < -0.4 is 4.90 Å². The van der Waals surface area contributed by atoms with Crippen LogP contribution in [-0.2, 0) is 6.54 Å². The third kappa shape index (κ3) is 3.09. The van der Waals surface area contributed by atoms with Gasteiger partial charge in [0.05, 0.1) is 11.0 Å². The summed E-state index contributed by atoms with van der Waals surface area (Å²) in [6.45, 7) is 5.14. The molecule has 2 aliphatic rings. The lowest BCUT2D eigenvalue weighted by Crippen LogP contribution is -2.40. The minimum atomic E-state index is -0.100. The second-order valence-electron chi connectivity index (χ2n) is 8.06. The molecule has 0 radical (unpaired) electrons. The Morgan fingerprint density at radius 3 is 2.52 bits per heavy atom. The van der Waals surface area contributed by atoms with Crippen LogP contribution in [-0.4, -0.2) is 45.9 Å². The molecular weight excluding hydrogens is 364 g/mol. The molecule has 0 unspecified atom stereocenters. The first kappa shape index (κ1) is 17.9. The van der Waals surface area contributed by atoms with Crippen LogP contribution in [0.2, 0.25) is 0 Å². The number of hydrogen-bond acceptors (Lipinski definition) is 3. The van der Waals surface area contributed by atoms with Crippen LogP contribution in [0, 0.1) is 5.92 Å². The van der Waals surface area contributed by atoms with E-state index >= 15 is 0 Å². The minimum Gasteiger partial charge on any atom is -0.339 e. The van der Waals surface area contributed by atoms with E-state index in [0.717, 1.165) is 37.1 Å². The zero-order valence-electron chi connectivity index (χ0n) is 16.5. The van der Waals surface area contributed by atoms with Gasteiger partial charge in [0.1, 0.15) is 0 Å². The van der Waals surface area contributed by atoms with Crippen LogP contribution in [0.15, 0.2) is 48.5 Å². The molecule has 1 fully saturated rings. The molecule has 0 atom stereocenters. The van der Waals surface area contributed by atoms with Gasteiger partial charge in [0, 0.05) is 37.4 Å². The van der Waals surface area contributed by atoms with Gasteiger partial charge < -0.3 is 14.4 Å². The maximum atomic E-state index is 13.1. The first-order valence-electron chi connectivity index (χ1n) is 10.3. The number of rotatable bonds is 2. The van der Waals surface area contributed by atoms with Crippen molar-refractivity contribution >= 4 is 28.5 Å². The van der Waals surface area contributed by atoms with Crippen molar-refractivity contribution in [3.05, 3.63) is 59.9 Å². The van der Waals surface area contributed by atoms with E-state index in [9.17, 15) is 9.59 Å². The van der Waals surface area contributed by atoms with Gasteiger partial charge in [-0.15, -0.1) is 0 Å². The van der Waals surface area contributed by atoms with Gasteiger partial charge in [-0.1, -0.05) is 25.1 Å². The summed E-state index contributed by atoms with van der Waals surface area (Å²) >= 11 is 0. The van der Waals surface area contributed by atoms with Gasteiger partial charge >= 0.3 is 0 Å². The topological polar surface area (TPSA) is 58.4 Å².